The van der Waals surface area contributed by atoms with Crippen LogP contribution in [0.25, 0.3) is 10.9 Å². The zero-order chi connectivity index (χ0) is 20.2. The van der Waals surface area contributed by atoms with Crippen molar-refractivity contribution < 1.29 is 9.50 Å². The summed E-state index contributed by atoms with van der Waals surface area (Å²) in [6, 6.07) is 14.7. The summed E-state index contributed by atoms with van der Waals surface area (Å²) in [6.07, 6.45) is 2.06. The lowest BCUT2D eigenvalue weighted by Gasteiger charge is -2.32. The Bertz CT molecular complexity index is 997. The number of nitrogens with one attached hydrogen (secondary N) is 1. The average Bonchev–Trinajstić information content (AvgIpc) is 2.72. The van der Waals surface area contributed by atoms with Crippen molar-refractivity contribution in [3.8, 4) is 0 Å². The van der Waals surface area contributed by atoms with E-state index in [2.05, 4.69) is 16.3 Å². The van der Waals surface area contributed by atoms with E-state index in [4.69, 9.17) is 16.6 Å². The van der Waals surface area contributed by atoms with Crippen molar-refractivity contribution in [2.24, 2.45) is 0 Å². The Morgan fingerprint density at radius 2 is 2.03 bits per heavy atom. The maximum atomic E-state index is 13.8. The van der Waals surface area contributed by atoms with Crippen molar-refractivity contribution in [1.29, 1.82) is 0 Å². The topological polar surface area (TPSA) is 48.4 Å². The van der Waals surface area contributed by atoms with Crippen LogP contribution in [0.4, 0.5) is 10.2 Å². The van der Waals surface area contributed by atoms with Gasteiger partial charge in [-0.1, -0.05) is 35.9 Å². The van der Waals surface area contributed by atoms with E-state index >= 15 is 0 Å². The first-order chi connectivity index (χ1) is 14.1. The van der Waals surface area contributed by atoms with E-state index in [-0.39, 0.29) is 11.9 Å². The zero-order valence-electron chi connectivity index (χ0n) is 16.2. The number of aliphatic hydroxyl groups excluding tert-OH is 1. The number of hydrogen-bond acceptors (Lipinski definition) is 4. The largest absolute Gasteiger partial charge is 0.391 e. The third kappa shape index (κ3) is 4.86. The van der Waals surface area contributed by atoms with Gasteiger partial charge >= 0.3 is 0 Å². The summed E-state index contributed by atoms with van der Waals surface area (Å²) >= 11 is 6.16. The van der Waals surface area contributed by atoms with Crippen LogP contribution in [-0.2, 0) is 13.0 Å². The number of anilines is 1. The van der Waals surface area contributed by atoms with E-state index in [0.29, 0.717) is 36.6 Å². The van der Waals surface area contributed by atoms with Crippen LogP contribution in [-0.4, -0.2) is 35.8 Å². The number of pyridine rings is 1. The van der Waals surface area contributed by atoms with E-state index in [1.54, 1.807) is 6.07 Å². The lowest BCUT2D eigenvalue weighted by Crippen LogP contribution is -2.39. The van der Waals surface area contributed by atoms with Gasteiger partial charge in [-0.2, -0.15) is 0 Å². The number of hydrogen-bond donors (Lipinski definition) is 2. The maximum Gasteiger partial charge on any atom is 0.133 e. The van der Waals surface area contributed by atoms with Crippen molar-refractivity contribution in [3.63, 3.8) is 0 Å². The second kappa shape index (κ2) is 9.08. The average molecular weight is 414 g/mol. The highest BCUT2D eigenvalue weighted by molar-refractivity contribution is 6.31. The third-order valence-electron chi connectivity index (χ3n) is 5.38. The fourth-order valence-corrected chi connectivity index (χ4v) is 4.04. The molecule has 6 heteroatoms. The number of benzene rings is 2. The molecular formula is C23H25ClFN3O. The molecule has 1 aliphatic rings. The number of rotatable bonds is 6. The molecule has 0 bridgehead atoms. The lowest BCUT2D eigenvalue weighted by atomic mass is 10.1. The highest BCUT2D eigenvalue weighted by Crippen LogP contribution is 2.28. The minimum absolute atomic E-state index is 0.165. The summed E-state index contributed by atoms with van der Waals surface area (Å²) in [7, 11) is 0. The molecular weight excluding hydrogens is 389 g/mol. The van der Waals surface area contributed by atoms with Gasteiger partial charge in [0.1, 0.15) is 11.6 Å². The molecule has 1 unspecified atom stereocenters. The molecule has 1 fully saturated rings. The summed E-state index contributed by atoms with van der Waals surface area (Å²) in [5.41, 5.74) is 2.63. The molecule has 1 aliphatic heterocycles. The van der Waals surface area contributed by atoms with Crippen molar-refractivity contribution in [1.82, 2.24) is 10.3 Å². The second-order valence-corrected chi connectivity index (χ2v) is 8.00. The predicted molar refractivity (Wildman–Crippen MR) is 116 cm³/mol. The van der Waals surface area contributed by atoms with E-state index in [0.717, 1.165) is 41.7 Å². The Morgan fingerprint density at radius 1 is 1.17 bits per heavy atom. The van der Waals surface area contributed by atoms with Crippen LogP contribution in [0.2, 0.25) is 5.02 Å². The molecule has 4 rings (SSSR count). The number of fused-ring (bicyclic) bond motifs is 1. The van der Waals surface area contributed by atoms with Crippen molar-refractivity contribution >= 4 is 28.3 Å². The first-order valence-electron chi connectivity index (χ1n) is 10.1. The fourth-order valence-electron chi connectivity index (χ4n) is 3.87. The first kappa shape index (κ1) is 20.1. The molecule has 2 N–H and O–H groups in total. The van der Waals surface area contributed by atoms with Crippen LogP contribution in [0.15, 0.2) is 48.5 Å². The lowest BCUT2D eigenvalue weighted by molar-refractivity contribution is 0.154. The van der Waals surface area contributed by atoms with Gasteiger partial charge in [0.15, 0.2) is 0 Å². The molecule has 2 heterocycles. The number of β-amino-alcohol motifs (C(OH)–C–C–N with tert-alkyl or cyclic N) is 1. The molecule has 0 aliphatic carbocycles. The normalized spacial score (nSPS) is 17.1. The molecule has 1 atom stereocenters. The maximum absolute atomic E-state index is 13.8. The Hall–Kier alpha value is -2.21. The molecule has 0 radical (unpaired) electrons. The van der Waals surface area contributed by atoms with Gasteiger partial charge in [0.2, 0.25) is 0 Å². The van der Waals surface area contributed by atoms with Crippen molar-refractivity contribution in [2.75, 3.05) is 24.5 Å². The monoisotopic (exact) mass is 413 g/mol. The van der Waals surface area contributed by atoms with E-state index in [9.17, 15) is 9.50 Å². The van der Waals surface area contributed by atoms with Gasteiger partial charge in [0, 0.05) is 35.6 Å². The SMILES string of the molecule is OC1CCCN(c2nc3cc(Cl)ccc3cc2CNCCc2ccccc2F)C1. The van der Waals surface area contributed by atoms with Gasteiger partial charge in [-0.3, -0.25) is 0 Å². The third-order valence-corrected chi connectivity index (χ3v) is 5.61. The van der Waals surface area contributed by atoms with Crippen LogP contribution in [0, 0.1) is 5.82 Å². The van der Waals surface area contributed by atoms with Gasteiger partial charge in [-0.25, -0.2) is 9.37 Å². The second-order valence-electron chi connectivity index (χ2n) is 7.57. The van der Waals surface area contributed by atoms with Gasteiger partial charge in [-0.05, 0) is 55.6 Å². The zero-order valence-corrected chi connectivity index (χ0v) is 17.0. The molecule has 0 amide bonds. The molecule has 2 aromatic carbocycles. The van der Waals surface area contributed by atoms with Crippen LogP contribution < -0.4 is 10.2 Å². The Labute approximate surface area is 175 Å². The summed E-state index contributed by atoms with van der Waals surface area (Å²) < 4.78 is 13.8. The van der Waals surface area contributed by atoms with Gasteiger partial charge in [-0.15, -0.1) is 0 Å². The predicted octanol–water partition coefficient (Wildman–Crippen LogP) is 4.32. The minimum atomic E-state index is -0.331. The Balaban J connectivity index is 1.53. The molecule has 0 spiro atoms. The fraction of sp³-hybridized carbons (Fsp3) is 0.348. The van der Waals surface area contributed by atoms with Gasteiger partial charge in [0.05, 0.1) is 11.6 Å². The van der Waals surface area contributed by atoms with E-state index in [1.165, 1.54) is 6.07 Å². The van der Waals surface area contributed by atoms with E-state index < -0.39 is 0 Å². The number of piperidine rings is 1. The highest BCUT2D eigenvalue weighted by atomic mass is 35.5. The molecule has 152 valence electrons. The summed E-state index contributed by atoms with van der Waals surface area (Å²) in [5, 5.41) is 15.2. The molecule has 1 aromatic heterocycles. The van der Waals surface area contributed by atoms with Gasteiger partial charge < -0.3 is 15.3 Å². The van der Waals surface area contributed by atoms with Gasteiger partial charge in [0.25, 0.3) is 0 Å². The smallest absolute Gasteiger partial charge is 0.133 e. The molecule has 0 saturated carbocycles. The molecule has 4 nitrogen and oxygen atoms in total. The quantitative estimate of drug-likeness (QED) is 0.591. The Kier molecular flexibility index (Phi) is 6.28. The van der Waals surface area contributed by atoms with Crippen LogP contribution in [0.3, 0.4) is 0 Å². The van der Waals surface area contributed by atoms with Crippen LogP contribution >= 0.6 is 11.6 Å². The van der Waals surface area contributed by atoms with Crippen LogP contribution in [0.1, 0.15) is 24.0 Å². The summed E-state index contributed by atoms with van der Waals surface area (Å²) in [6.45, 7) is 2.75. The number of aromatic nitrogens is 1. The molecule has 3 aromatic rings. The van der Waals surface area contributed by atoms with E-state index in [1.807, 2.05) is 30.3 Å². The van der Waals surface area contributed by atoms with Crippen molar-refractivity contribution in [3.05, 3.63) is 70.5 Å². The minimum Gasteiger partial charge on any atom is -0.391 e. The standard InChI is InChI=1S/C23H25ClFN3O/c24-19-8-7-17-12-18(14-26-10-9-16-4-1-2-6-21(16)25)23(27-22(17)13-19)28-11-3-5-20(29)15-28/h1-2,4,6-8,12-13,20,26,29H,3,5,9-11,14-15H2. The first-order valence-corrected chi connectivity index (χ1v) is 10.4. The molecule has 1 saturated heterocycles. The van der Waals surface area contributed by atoms with Crippen molar-refractivity contribution in [2.45, 2.75) is 31.9 Å². The van der Waals surface area contributed by atoms with Crippen LogP contribution in [0.5, 0.6) is 0 Å². The number of halogens is 2. The molecule has 29 heavy (non-hydrogen) atoms. The summed E-state index contributed by atoms with van der Waals surface area (Å²) in [4.78, 5) is 7.03. The number of aliphatic hydroxyl groups is 1. The summed E-state index contributed by atoms with van der Waals surface area (Å²) in [5.74, 6) is 0.721. The number of nitrogens with zero attached hydrogens (tertiary/aromatic N) is 2. The Morgan fingerprint density at radius 3 is 2.86 bits per heavy atom. The highest BCUT2D eigenvalue weighted by Gasteiger charge is 2.21.